The number of fused-ring (bicyclic) bond motifs is 3. The van der Waals surface area contributed by atoms with Crippen molar-refractivity contribution in [3.05, 3.63) is 66.0 Å². The molecule has 176 valence electrons. The first-order chi connectivity index (χ1) is 16.3. The van der Waals surface area contributed by atoms with E-state index < -0.39 is 23.7 Å². The third-order valence-electron chi connectivity index (χ3n) is 6.23. The van der Waals surface area contributed by atoms with E-state index in [1.54, 1.807) is 11.0 Å². The Morgan fingerprint density at radius 1 is 1.03 bits per heavy atom. The number of carbonyl (C=O) groups excluding carboxylic acids is 1. The second kappa shape index (κ2) is 8.62. The van der Waals surface area contributed by atoms with E-state index in [2.05, 4.69) is 19.9 Å². The molecule has 2 aromatic heterocycles. The average Bonchev–Trinajstić information content (AvgIpc) is 2.84. The molecule has 2 bridgehead atoms. The van der Waals surface area contributed by atoms with Crippen molar-refractivity contribution in [1.82, 2.24) is 24.8 Å². The van der Waals surface area contributed by atoms with Crippen molar-refractivity contribution < 1.29 is 27.1 Å². The number of amides is 1. The summed E-state index contributed by atoms with van der Waals surface area (Å²) in [6, 6.07) is 5.31. The van der Waals surface area contributed by atoms with E-state index in [1.165, 1.54) is 30.6 Å². The van der Waals surface area contributed by atoms with Crippen molar-refractivity contribution in [1.29, 1.82) is 0 Å². The van der Waals surface area contributed by atoms with E-state index in [1.807, 2.05) is 0 Å². The standard InChI is InChI=1S/C23H19F4N5O2/c24-16-4-1-3-15(19(16)20-28-7-2-8-29-20)21(33)32-12-13-5-6-17(32)18(9-13)34-22-30-10-14(11-31-22)23(25,26)27/h1-4,7-8,10-11,13,17-18H,5-6,9,12H2. The molecule has 11 heteroatoms. The normalized spacial score (nSPS) is 22.0. The molecule has 34 heavy (non-hydrogen) atoms. The quantitative estimate of drug-likeness (QED) is 0.530. The number of hydrogen-bond acceptors (Lipinski definition) is 6. The van der Waals surface area contributed by atoms with Crippen LogP contribution in [0.25, 0.3) is 11.4 Å². The molecule has 6 rings (SSSR count). The Bertz CT molecular complexity index is 1190. The number of hydrogen-bond donors (Lipinski definition) is 0. The van der Waals surface area contributed by atoms with Gasteiger partial charge in [-0.1, -0.05) is 6.07 Å². The van der Waals surface area contributed by atoms with Crippen LogP contribution in [-0.2, 0) is 6.18 Å². The van der Waals surface area contributed by atoms with Gasteiger partial charge < -0.3 is 9.64 Å². The van der Waals surface area contributed by atoms with Crippen LogP contribution in [0.4, 0.5) is 17.6 Å². The zero-order valence-electron chi connectivity index (χ0n) is 17.7. The molecule has 2 saturated heterocycles. The zero-order chi connectivity index (χ0) is 23.9. The van der Waals surface area contributed by atoms with Gasteiger partial charge in [0.25, 0.3) is 5.91 Å². The monoisotopic (exact) mass is 473 g/mol. The smallest absolute Gasteiger partial charge is 0.419 e. The van der Waals surface area contributed by atoms with Gasteiger partial charge in [0.05, 0.1) is 22.7 Å². The molecule has 7 nitrogen and oxygen atoms in total. The molecule has 3 aromatic rings. The van der Waals surface area contributed by atoms with E-state index in [-0.39, 0.29) is 40.8 Å². The van der Waals surface area contributed by atoms with Crippen LogP contribution in [0, 0.1) is 11.7 Å². The Hall–Kier alpha value is -3.63. The SMILES string of the molecule is O=C(c1cccc(F)c1-c1ncccn1)N1CC2CCC1C(Oc1ncc(C(F)(F)F)cn1)C2. The molecule has 0 spiro atoms. The summed E-state index contributed by atoms with van der Waals surface area (Å²) in [6.07, 6.45) is 1.41. The third kappa shape index (κ3) is 4.17. The molecule has 1 amide bonds. The lowest BCUT2D eigenvalue weighted by Crippen LogP contribution is -2.59. The maximum Gasteiger partial charge on any atom is 0.419 e. The van der Waals surface area contributed by atoms with E-state index in [9.17, 15) is 22.4 Å². The minimum Gasteiger partial charge on any atom is -0.458 e. The van der Waals surface area contributed by atoms with E-state index in [4.69, 9.17) is 4.74 Å². The highest BCUT2D eigenvalue weighted by molar-refractivity contribution is 6.00. The average molecular weight is 473 g/mol. The highest BCUT2D eigenvalue weighted by atomic mass is 19.4. The van der Waals surface area contributed by atoms with Gasteiger partial charge in [0.1, 0.15) is 11.9 Å². The number of carbonyl (C=O) groups is 1. The molecular weight excluding hydrogens is 454 g/mol. The molecule has 3 fully saturated rings. The van der Waals surface area contributed by atoms with Crippen LogP contribution in [0.3, 0.4) is 0 Å². The Kier molecular flexibility index (Phi) is 5.62. The molecular formula is C23H19F4N5O2. The van der Waals surface area contributed by atoms with Gasteiger partial charge in [-0.3, -0.25) is 4.79 Å². The molecule has 1 aliphatic carbocycles. The largest absolute Gasteiger partial charge is 0.458 e. The Labute approximate surface area is 191 Å². The summed E-state index contributed by atoms with van der Waals surface area (Å²) < 4.78 is 58.9. The van der Waals surface area contributed by atoms with Crippen LogP contribution in [-0.4, -0.2) is 49.4 Å². The van der Waals surface area contributed by atoms with Crippen molar-refractivity contribution in [2.45, 2.75) is 37.6 Å². The van der Waals surface area contributed by atoms with Gasteiger partial charge in [-0.2, -0.15) is 13.2 Å². The van der Waals surface area contributed by atoms with Crippen molar-refractivity contribution in [3.8, 4) is 17.4 Å². The lowest BCUT2D eigenvalue weighted by Gasteiger charge is -2.49. The summed E-state index contributed by atoms with van der Waals surface area (Å²) >= 11 is 0. The van der Waals surface area contributed by atoms with Crippen molar-refractivity contribution >= 4 is 5.91 Å². The first kappa shape index (κ1) is 22.2. The van der Waals surface area contributed by atoms with Crippen LogP contribution >= 0.6 is 0 Å². The second-order valence-electron chi connectivity index (χ2n) is 8.35. The first-order valence-electron chi connectivity index (χ1n) is 10.7. The number of ether oxygens (including phenoxy) is 1. The molecule has 2 aliphatic heterocycles. The van der Waals surface area contributed by atoms with Crippen LogP contribution in [0.15, 0.2) is 49.1 Å². The minimum absolute atomic E-state index is 0.0260. The Morgan fingerprint density at radius 2 is 1.76 bits per heavy atom. The molecule has 3 unspecified atom stereocenters. The summed E-state index contributed by atoms with van der Waals surface area (Å²) in [5.41, 5.74) is -0.801. The van der Waals surface area contributed by atoms with Crippen molar-refractivity contribution in [2.75, 3.05) is 6.54 Å². The summed E-state index contributed by atoms with van der Waals surface area (Å²) in [4.78, 5) is 30.8. The third-order valence-corrected chi connectivity index (χ3v) is 6.23. The van der Waals surface area contributed by atoms with E-state index >= 15 is 0 Å². The lowest BCUT2D eigenvalue weighted by atomic mass is 9.77. The van der Waals surface area contributed by atoms with Gasteiger partial charge >= 0.3 is 12.2 Å². The second-order valence-corrected chi connectivity index (χ2v) is 8.35. The van der Waals surface area contributed by atoms with Gasteiger partial charge in [-0.15, -0.1) is 0 Å². The number of rotatable bonds is 4. The Balaban J connectivity index is 1.40. The van der Waals surface area contributed by atoms with Crippen molar-refractivity contribution in [2.24, 2.45) is 5.92 Å². The van der Waals surface area contributed by atoms with Gasteiger partial charge in [-0.25, -0.2) is 24.3 Å². The topological polar surface area (TPSA) is 81.1 Å². The summed E-state index contributed by atoms with van der Waals surface area (Å²) in [6.45, 7) is 0.475. The molecule has 0 N–H and O–H groups in total. The van der Waals surface area contributed by atoms with E-state index in [0.717, 1.165) is 6.42 Å². The molecule has 1 aromatic carbocycles. The van der Waals surface area contributed by atoms with Gasteiger partial charge in [0.15, 0.2) is 5.82 Å². The highest BCUT2D eigenvalue weighted by Gasteiger charge is 2.45. The van der Waals surface area contributed by atoms with Gasteiger partial charge in [0.2, 0.25) is 0 Å². The van der Waals surface area contributed by atoms with Crippen LogP contribution in [0.2, 0.25) is 0 Å². The number of nitrogens with zero attached hydrogens (tertiary/aromatic N) is 5. The summed E-state index contributed by atoms with van der Waals surface area (Å²) in [5.74, 6) is -0.737. The number of piperidine rings is 2. The van der Waals surface area contributed by atoms with Crippen LogP contribution in [0.5, 0.6) is 6.01 Å². The van der Waals surface area contributed by atoms with Gasteiger partial charge in [0, 0.05) is 31.3 Å². The lowest BCUT2D eigenvalue weighted by molar-refractivity contribution is -0.138. The summed E-state index contributed by atoms with van der Waals surface area (Å²) in [7, 11) is 0. The van der Waals surface area contributed by atoms with Gasteiger partial charge in [-0.05, 0) is 43.4 Å². The maximum absolute atomic E-state index is 14.8. The fourth-order valence-electron chi connectivity index (χ4n) is 4.66. The van der Waals surface area contributed by atoms with Crippen LogP contribution in [0.1, 0.15) is 35.2 Å². The molecule has 3 atom stereocenters. The zero-order valence-corrected chi connectivity index (χ0v) is 17.7. The number of aromatic nitrogens is 4. The maximum atomic E-state index is 14.8. The molecule has 0 radical (unpaired) electrons. The predicted molar refractivity (Wildman–Crippen MR) is 111 cm³/mol. The van der Waals surface area contributed by atoms with Crippen LogP contribution < -0.4 is 4.74 Å². The molecule has 3 aliphatic rings. The summed E-state index contributed by atoms with van der Waals surface area (Å²) in [5, 5.41) is 0. The minimum atomic E-state index is -4.54. The number of benzene rings is 1. The fourth-order valence-corrected chi connectivity index (χ4v) is 4.66. The van der Waals surface area contributed by atoms with E-state index in [0.29, 0.717) is 31.8 Å². The number of halogens is 4. The molecule has 4 heterocycles. The first-order valence-corrected chi connectivity index (χ1v) is 10.7. The van der Waals surface area contributed by atoms with Crippen molar-refractivity contribution in [3.63, 3.8) is 0 Å². The Morgan fingerprint density at radius 3 is 2.44 bits per heavy atom. The predicted octanol–water partition coefficient (Wildman–Crippen LogP) is 4.16. The number of alkyl halides is 3. The highest BCUT2D eigenvalue weighted by Crippen LogP contribution is 2.39. The molecule has 1 saturated carbocycles. The fraction of sp³-hybridized carbons (Fsp3) is 0.348.